The zero-order valence-corrected chi connectivity index (χ0v) is 14.3. The number of hydrogen-bond acceptors (Lipinski definition) is 4. The van der Waals surface area contributed by atoms with Crippen molar-refractivity contribution in [3.63, 3.8) is 0 Å². The van der Waals surface area contributed by atoms with E-state index in [1.54, 1.807) is 18.2 Å². The van der Waals surface area contributed by atoms with Gasteiger partial charge < -0.3 is 10.1 Å². The molecule has 1 amide bonds. The Labute approximate surface area is 154 Å². The van der Waals surface area contributed by atoms with Crippen LogP contribution < -0.4 is 5.32 Å². The molecule has 0 saturated heterocycles. The van der Waals surface area contributed by atoms with Crippen LogP contribution >= 0.6 is 11.6 Å². The summed E-state index contributed by atoms with van der Waals surface area (Å²) in [4.78, 5) is 24.3. The summed E-state index contributed by atoms with van der Waals surface area (Å²) in [6.07, 6.45) is 0. The smallest absolute Gasteiger partial charge is 0.339 e. The summed E-state index contributed by atoms with van der Waals surface area (Å²) >= 11 is 5.92. The number of rotatable bonds is 4. The molecule has 3 aromatic rings. The number of hydrogen-bond donors (Lipinski definition) is 1. The molecule has 0 spiro atoms. The molecule has 0 radical (unpaired) electrons. The number of carbonyl (C=O) groups is 2. The molecule has 0 fully saturated rings. The van der Waals surface area contributed by atoms with Crippen LogP contribution in [0.4, 0.5) is 5.69 Å². The SMILES string of the molecule is N#Cc1ccc(NC(=O)COC(=O)c2cccc3ccccc23)cc1Cl. The zero-order valence-electron chi connectivity index (χ0n) is 13.5. The maximum Gasteiger partial charge on any atom is 0.339 e. The summed E-state index contributed by atoms with van der Waals surface area (Å²) in [5, 5.41) is 13.3. The van der Waals surface area contributed by atoms with E-state index in [2.05, 4.69) is 5.32 Å². The Bertz CT molecular complexity index is 1040. The third-order valence-corrected chi connectivity index (χ3v) is 4.03. The van der Waals surface area contributed by atoms with E-state index in [9.17, 15) is 9.59 Å². The highest BCUT2D eigenvalue weighted by Gasteiger charge is 2.13. The topological polar surface area (TPSA) is 79.2 Å². The lowest BCUT2D eigenvalue weighted by Gasteiger charge is -2.09. The van der Waals surface area contributed by atoms with Crippen molar-refractivity contribution in [2.24, 2.45) is 0 Å². The molecule has 26 heavy (non-hydrogen) atoms. The third kappa shape index (κ3) is 3.82. The van der Waals surface area contributed by atoms with E-state index in [4.69, 9.17) is 21.6 Å². The van der Waals surface area contributed by atoms with Gasteiger partial charge in [0.25, 0.3) is 5.91 Å². The highest BCUT2D eigenvalue weighted by molar-refractivity contribution is 6.32. The Morgan fingerprint density at radius 1 is 1.08 bits per heavy atom. The van der Waals surface area contributed by atoms with Crippen molar-refractivity contribution < 1.29 is 14.3 Å². The summed E-state index contributed by atoms with van der Waals surface area (Å²) < 4.78 is 5.11. The molecule has 0 saturated carbocycles. The minimum Gasteiger partial charge on any atom is -0.452 e. The maximum absolute atomic E-state index is 12.3. The average Bonchev–Trinajstić information content (AvgIpc) is 2.66. The molecular formula is C20H13ClN2O3. The molecule has 1 N–H and O–H groups in total. The molecule has 0 unspecified atom stereocenters. The van der Waals surface area contributed by atoms with E-state index in [0.717, 1.165) is 10.8 Å². The quantitative estimate of drug-likeness (QED) is 0.705. The summed E-state index contributed by atoms with van der Waals surface area (Å²) in [6.45, 7) is -0.431. The lowest BCUT2D eigenvalue weighted by molar-refractivity contribution is -0.119. The van der Waals surface area contributed by atoms with Crippen molar-refractivity contribution in [2.75, 3.05) is 11.9 Å². The monoisotopic (exact) mass is 364 g/mol. The fraction of sp³-hybridized carbons (Fsp3) is 0.0500. The molecule has 0 aromatic heterocycles. The van der Waals surface area contributed by atoms with Gasteiger partial charge in [0, 0.05) is 5.69 Å². The second kappa shape index (κ2) is 7.68. The van der Waals surface area contributed by atoms with Crippen molar-refractivity contribution >= 4 is 39.9 Å². The third-order valence-electron chi connectivity index (χ3n) is 3.72. The van der Waals surface area contributed by atoms with Gasteiger partial charge in [-0.2, -0.15) is 5.26 Å². The number of halogens is 1. The summed E-state index contributed by atoms with van der Waals surface area (Å²) in [7, 11) is 0. The molecule has 0 aliphatic heterocycles. The van der Waals surface area contributed by atoms with Crippen LogP contribution in [0.5, 0.6) is 0 Å². The van der Waals surface area contributed by atoms with Gasteiger partial charge >= 0.3 is 5.97 Å². The Hall–Kier alpha value is -3.36. The lowest BCUT2D eigenvalue weighted by atomic mass is 10.1. The first-order chi connectivity index (χ1) is 12.6. The summed E-state index contributed by atoms with van der Waals surface area (Å²) in [5.41, 5.74) is 1.13. The van der Waals surface area contributed by atoms with Crippen LogP contribution in [-0.4, -0.2) is 18.5 Å². The predicted molar refractivity (Wildman–Crippen MR) is 99.0 cm³/mol. The van der Waals surface area contributed by atoms with Crippen LogP contribution in [0.25, 0.3) is 10.8 Å². The average molecular weight is 365 g/mol. The molecular weight excluding hydrogens is 352 g/mol. The fourth-order valence-corrected chi connectivity index (χ4v) is 2.72. The lowest BCUT2D eigenvalue weighted by Crippen LogP contribution is -2.21. The Morgan fingerprint density at radius 2 is 1.85 bits per heavy atom. The van der Waals surface area contributed by atoms with Gasteiger partial charge in [-0.15, -0.1) is 0 Å². The number of ether oxygens (including phenoxy) is 1. The summed E-state index contributed by atoms with van der Waals surface area (Å²) in [6, 6.07) is 19.2. The van der Waals surface area contributed by atoms with E-state index in [0.29, 0.717) is 16.8 Å². The highest BCUT2D eigenvalue weighted by Crippen LogP contribution is 2.21. The van der Waals surface area contributed by atoms with Crippen LogP contribution in [-0.2, 0) is 9.53 Å². The molecule has 128 valence electrons. The second-order valence-electron chi connectivity index (χ2n) is 5.46. The van der Waals surface area contributed by atoms with Crippen molar-refractivity contribution in [3.05, 3.63) is 76.8 Å². The van der Waals surface area contributed by atoms with Crippen LogP contribution in [0.15, 0.2) is 60.7 Å². The number of nitrogens with one attached hydrogen (secondary N) is 1. The Balaban J connectivity index is 1.65. The van der Waals surface area contributed by atoms with Gasteiger partial charge in [0.05, 0.1) is 16.1 Å². The van der Waals surface area contributed by atoms with Crippen LogP contribution in [0.3, 0.4) is 0 Å². The molecule has 0 bridgehead atoms. The van der Waals surface area contributed by atoms with Crippen molar-refractivity contribution in [1.82, 2.24) is 0 Å². The fourth-order valence-electron chi connectivity index (χ4n) is 2.49. The minimum absolute atomic E-state index is 0.234. The molecule has 0 atom stereocenters. The number of nitriles is 1. The van der Waals surface area contributed by atoms with Gasteiger partial charge in [-0.25, -0.2) is 4.79 Å². The van der Waals surface area contributed by atoms with Crippen LogP contribution in [0, 0.1) is 11.3 Å². The molecule has 3 rings (SSSR count). The minimum atomic E-state index is -0.574. The van der Waals surface area contributed by atoms with E-state index >= 15 is 0 Å². The van der Waals surface area contributed by atoms with Gasteiger partial charge in [-0.1, -0.05) is 48.0 Å². The van der Waals surface area contributed by atoms with E-state index in [1.807, 2.05) is 36.4 Å². The first-order valence-electron chi connectivity index (χ1n) is 7.73. The second-order valence-corrected chi connectivity index (χ2v) is 5.86. The summed E-state index contributed by atoms with van der Waals surface area (Å²) in [5.74, 6) is -1.07. The molecule has 6 heteroatoms. The molecule has 3 aromatic carbocycles. The molecule has 0 aliphatic rings. The van der Waals surface area contributed by atoms with E-state index in [1.165, 1.54) is 12.1 Å². The van der Waals surface area contributed by atoms with Crippen molar-refractivity contribution in [2.45, 2.75) is 0 Å². The van der Waals surface area contributed by atoms with Gasteiger partial charge in [0.2, 0.25) is 0 Å². The van der Waals surface area contributed by atoms with Gasteiger partial charge in [0.15, 0.2) is 6.61 Å². The standard InChI is InChI=1S/C20H13ClN2O3/c21-18-10-15(9-8-14(18)11-22)23-19(24)12-26-20(25)17-7-3-5-13-4-1-2-6-16(13)17/h1-10H,12H2,(H,23,24). The molecule has 0 aliphatic carbocycles. The number of nitrogens with zero attached hydrogens (tertiary/aromatic N) is 1. The van der Waals surface area contributed by atoms with Crippen LogP contribution in [0.2, 0.25) is 5.02 Å². The number of anilines is 1. The van der Waals surface area contributed by atoms with E-state index in [-0.39, 0.29) is 5.02 Å². The van der Waals surface area contributed by atoms with Crippen molar-refractivity contribution in [3.8, 4) is 6.07 Å². The largest absolute Gasteiger partial charge is 0.452 e. The van der Waals surface area contributed by atoms with Gasteiger partial charge in [0.1, 0.15) is 6.07 Å². The Morgan fingerprint density at radius 3 is 2.62 bits per heavy atom. The first-order valence-corrected chi connectivity index (χ1v) is 8.10. The van der Waals surface area contributed by atoms with Gasteiger partial charge in [-0.05, 0) is 35.0 Å². The first kappa shape index (κ1) is 17.5. The Kier molecular flexibility index (Phi) is 5.16. The number of benzene rings is 3. The molecule has 0 heterocycles. The number of esters is 1. The highest BCUT2D eigenvalue weighted by atomic mass is 35.5. The van der Waals surface area contributed by atoms with E-state index < -0.39 is 18.5 Å². The normalized spacial score (nSPS) is 10.2. The van der Waals surface area contributed by atoms with Crippen molar-refractivity contribution in [1.29, 1.82) is 5.26 Å². The number of fused-ring (bicyclic) bond motifs is 1. The number of amides is 1. The van der Waals surface area contributed by atoms with Gasteiger partial charge in [-0.3, -0.25) is 4.79 Å². The predicted octanol–water partition coefficient (Wildman–Crippen LogP) is 4.16. The van der Waals surface area contributed by atoms with Crippen LogP contribution in [0.1, 0.15) is 15.9 Å². The maximum atomic E-state index is 12.3. The number of carbonyl (C=O) groups excluding carboxylic acids is 2. The zero-order chi connectivity index (χ0) is 18.5. The molecule has 5 nitrogen and oxygen atoms in total.